The van der Waals surface area contributed by atoms with Crippen LogP contribution in [0.2, 0.25) is 0 Å². The van der Waals surface area contributed by atoms with Crippen LogP contribution in [0.5, 0.6) is 0 Å². The van der Waals surface area contributed by atoms with E-state index in [9.17, 15) is 4.79 Å². The first kappa shape index (κ1) is 14.5. The van der Waals surface area contributed by atoms with E-state index >= 15 is 0 Å². The predicted molar refractivity (Wildman–Crippen MR) is 69.7 cm³/mol. The van der Waals surface area contributed by atoms with E-state index in [1.165, 1.54) is 32.1 Å². The van der Waals surface area contributed by atoms with Crippen LogP contribution in [-0.2, 0) is 4.79 Å². The van der Waals surface area contributed by atoms with Crippen molar-refractivity contribution in [2.75, 3.05) is 13.2 Å². The largest absolute Gasteiger partial charge is 0.396 e. The highest BCUT2D eigenvalue weighted by Crippen LogP contribution is 2.42. The highest BCUT2D eigenvalue weighted by Gasteiger charge is 2.34. The van der Waals surface area contributed by atoms with Crippen LogP contribution in [0, 0.1) is 11.3 Å². The molecule has 100 valence electrons. The molecule has 3 heteroatoms. The minimum absolute atomic E-state index is 0.0917. The Balaban J connectivity index is 2.36. The monoisotopic (exact) mass is 241 g/mol. The molecule has 0 radical (unpaired) electrons. The molecule has 0 heterocycles. The Morgan fingerprint density at radius 2 is 2.00 bits per heavy atom. The first-order chi connectivity index (χ1) is 8.08. The van der Waals surface area contributed by atoms with E-state index in [0.717, 1.165) is 6.54 Å². The summed E-state index contributed by atoms with van der Waals surface area (Å²) in [5.74, 6) is 0.788. The molecule has 1 fully saturated rings. The summed E-state index contributed by atoms with van der Waals surface area (Å²) < 4.78 is 0. The van der Waals surface area contributed by atoms with E-state index in [-0.39, 0.29) is 12.5 Å². The van der Waals surface area contributed by atoms with Gasteiger partial charge < -0.3 is 10.4 Å². The maximum Gasteiger partial charge on any atom is 0.220 e. The van der Waals surface area contributed by atoms with Gasteiger partial charge in [-0.3, -0.25) is 4.79 Å². The quantitative estimate of drug-likeness (QED) is 0.719. The zero-order chi connectivity index (χ0) is 12.7. The van der Waals surface area contributed by atoms with E-state index in [4.69, 9.17) is 5.11 Å². The van der Waals surface area contributed by atoms with Gasteiger partial charge in [0.2, 0.25) is 5.91 Å². The SMILES string of the molecule is CC(C)CC1(CNC(=O)CCCO)CCCC1. The normalized spacial score (nSPS) is 18.6. The number of carbonyl (C=O) groups excluding carboxylic acids is 1. The number of aliphatic hydroxyl groups excluding tert-OH is 1. The molecule has 2 N–H and O–H groups in total. The number of nitrogens with one attached hydrogen (secondary N) is 1. The Hall–Kier alpha value is -0.570. The van der Waals surface area contributed by atoms with Crippen molar-refractivity contribution in [3.05, 3.63) is 0 Å². The van der Waals surface area contributed by atoms with Gasteiger partial charge in [-0.15, -0.1) is 0 Å². The molecule has 1 aliphatic rings. The molecule has 1 aliphatic carbocycles. The van der Waals surface area contributed by atoms with Gasteiger partial charge in [-0.1, -0.05) is 26.7 Å². The molecule has 1 rings (SSSR count). The second-order valence-electron chi connectivity index (χ2n) is 5.91. The van der Waals surface area contributed by atoms with E-state index in [1.807, 2.05) is 0 Å². The molecule has 0 aromatic carbocycles. The number of amides is 1. The van der Waals surface area contributed by atoms with Crippen LogP contribution in [0.3, 0.4) is 0 Å². The third kappa shape index (κ3) is 5.07. The Kier molecular flexibility index (Phi) is 5.96. The van der Waals surface area contributed by atoms with Crippen molar-refractivity contribution >= 4 is 5.91 Å². The molecular weight excluding hydrogens is 214 g/mol. The standard InChI is InChI=1S/C14H27NO2/c1-12(2)10-14(7-3-4-8-14)11-15-13(17)6-5-9-16/h12,16H,3-11H2,1-2H3,(H,15,17). The lowest BCUT2D eigenvalue weighted by molar-refractivity contribution is -0.121. The summed E-state index contributed by atoms with van der Waals surface area (Å²) >= 11 is 0. The summed E-state index contributed by atoms with van der Waals surface area (Å²) in [6.45, 7) is 5.45. The molecule has 0 aromatic heterocycles. The highest BCUT2D eigenvalue weighted by atomic mass is 16.3. The topological polar surface area (TPSA) is 49.3 Å². The second kappa shape index (κ2) is 7.00. The smallest absolute Gasteiger partial charge is 0.220 e. The van der Waals surface area contributed by atoms with Crippen molar-refractivity contribution in [3.63, 3.8) is 0 Å². The number of hydrogen-bond acceptors (Lipinski definition) is 2. The van der Waals surface area contributed by atoms with Crippen molar-refractivity contribution < 1.29 is 9.90 Å². The predicted octanol–water partition coefficient (Wildman–Crippen LogP) is 2.48. The Labute approximate surface area is 105 Å². The van der Waals surface area contributed by atoms with E-state index in [0.29, 0.717) is 24.2 Å². The van der Waals surface area contributed by atoms with Crippen molar-refractivity contribution in [3.8, 4) is 0 Å². The van der Waals surface area contributed by atoms with Gasteiger partial charge in [0.1, 0.15) is 0 Å². The molecule has 0 atom stereocenters. The van der Waals surface area contributed by atoms with Crippen LogP contribution in [-0.4, -0.2) is 24.2 Å². The molecule has 0 saturated heterocycles. The molecule has 1 amide bonds. The van der Waals surface area contributed by atoms with Gasteiger partial charge in [-0.05, 0) is 37.0 Å². The van der Waals surface area contributed by atoms with Crippen molar-refractivity contribution in [1.29, 1.82) is 0 Å². The number of hydrogen-bond donors (Lipinski definition) is 2. The maximum absolute atomic E-state index is 11.6. The zero-order valence-electron chi connectivity index (χ0n) is 11.3. The fraction of sp³-hybridized carbons (Fsp3) is 0.929. The summed E-state index contributed by atoms with van der Waals surface area (Å²) in [5, 5.41) is 11.7. The second-order valence-corrected chi connectivity index (χ2v) is 5.91. The first-order valence-corrected chi connectivity index (χ1v) is 6.95. The Morgan fingerprint density at radius 1 is 1.35 bits per heavy atom. The lowest BCUT2D eigenvalue weighted by Crippen LogP contribution is -2.36. The van der Waals surface area contributed by atoms with Crippen LogP contribution >= 0.6 is 0 Å². The summed E-state index contributed by atoms with van der Waals surface area (Å²) in [6.07, 6.45) is 7.36. The van der Waals surface area contributed by atoms with E-state index < -0.39 is 0 Å². The van der Waals surface area contributed by atoms with Gasteiger partial charge in [-0.2, -0.15) is 0 Å². The highest BCUT2D eigenvalue weighted by molar-refractivity contribution is 5.75. The van der Waals surface area contributed by atoms with Gasteiger partial charge in [0.15, 0.2) is 0 Å². The lowest BCUT2D eigenvalue weighted by Gasteiger charge is -2.31. The van der Waals surface area contributed by atoms with Crippen LogP contribution < -0.4 is 5.32 Å². The van der Waals surface area contributed by atoms with E-state index in [1.54, 1.807) is 0 Å². The third-order valence-electron chi connectivity index (χ3n) is 3.73. The van der Waals surface area contributed by atoms with Crippen molar-refractivity contribution in [2.24, 2.45) is 11.3 Å². The summed E-state index contributed by atoms with van der Waals surface area (Å²) in [5.41, 5.74) is 0.350. The molecule has 3 nitrogen and oxygen atoms in total. The fourth-order valence-corrected chi connectivity index (χ4v) is 3.06. The van der Waals surface area contributed by atoms with Crippen LogP contribution in [0.4, 0.5) is 0 Å². The van der Waals surface area contributed by atoms with Crippen molar-refractivity contribution in [1.82, 2.24) is 5.32 Å². The van der Waals surface area contributed by atoms with Gasteiger partial charge in [0, 0.05) is 19.6 Å². The van der Waals surface area contributed by atoms with Gasteiger partial charge in [0.05, 0.1) is 0 Å². The van der Waals surface area contributed by atoms with Crippen molar-refractivity contribution in [2.45, 2.75) is 58.8 Å². The number of carbonyl (C=O) groups is 1. The van der Waals surface area contributed by atoms with E-state index in [2.05, 4.69) is 19.2 Å². The summed E-state index contributed by atoms with van der Waals surface area (Å²) in [4.78, 5) is 11.6. The van der Waals surface area contributed by atoms with Crippen LogP contribution in [0.1, 0.15) is 58.8 Å². The molecule has 1 saturated carbocycles. The molecule has 17 heavy (non-hydrogen) atoms. The van der Waals surface area contributed by atoms with Crippen LogP contribution in [0.15, 0.2) is 0 Å². The molecular formula is C14H27NO2. The minimum Gasteiger partial charge on any atom is -0.396 e. The fourth-order valence-electron chi connectivity index (χ4n) is 3.06. The van der Waals surface area contributed by atoms with Gasteiger partial charge >= 0.3 is 0 Å². The van der Waals surface area contributed by atoms with Gasteiger partial charge in [0.25, 0.3) is 0 Å². The molecule has 0 bridgehead atoms. The zero-order valence-corrected chi connectivity index (χ0v) is 11.3. The molecule has 0 spiro atoms. The maximum atomic E-state index is 11.6. The van der Waals surface area contributed by atoms with Gasteiger partial charge in [-0.25, -0.2) is 0 Å². The van der Waals surface area contributed by atoms with Crippen LogP contribution in [0.25, 0.3) is 0 Å². The molecule has 0 aliphatic heterocycles. The third-order valence-corrected chi connectivity index (χ3v) is 3.73. The Bertz CT molecular complexity index is 232. The average molecular weight is 241 g/mol. The number of aliphatic hydroxyl groups is 1. The molecule has 0 aromatic rings. The minimum atomic E-state index is 0.0917. The Morgan fingerprint density at radius 3 is 2.53 bits per heavy atom. The first-order valence-electron chi connectivity index (χ1n) is 6.95. The average Bonchev–Trinajstić information content (AvgIpc) is 2.71. The summed E-state index contributed by atoms with van der Waals surface area (Å²) in [6, 6.07) is 0. The summed E-state index contributed by atoms with van der Waals surface area (Å²) in [7, 11) is 0. The molecule has 0 unspecified atom stereocenters. The lowest BCUT2D eigenvalue weighted by atomic mass is 9.78. The number of rotatable bonds is 7.